The van der Waals surface area contributed by atoms with Gasteiger partial charge in [0.05, 0.1) is 6.61 Å². The number of carbonyl (C=O) groups excluding carboxylic acids is 1. The lowest BCUT2D eigenvalue weighted by Gasteiger charge is -2.00. The first-order chi connectivity index (χ1) is 9.77. The van der Waals surface area contributed by atoms with Gasteiger partial charge in [0.2, 0.25) is 0 Å². The van der Waals surface area contributed by atoms with Crippen LogP contribution in [0.3, 0.4) is 0 Å². The van der Waals surface area contributed by atoms with Crippen LogP contribution in [0.5, 0.6) is 0 Å². The van der Waals surface area contributed by atoms with E-state index in [1.807, 2.05) is 6.08 Å². The lowest BCUT2D eigenvalue weighted by Crippen LogP contribution is -2.10. The smallest absolute Gasteiger partial charge is 0.334 e. The molecule has 1 atom stereocenters. The van der Waals surface area contributed by atoms with Gasteiger partial charge in [-0.25, -0.2) is 4.79 Å². The molecule has 0 aromatic carbocycles. The molecule has 1 unspecified atom stereocenters. The summed E-state index contributed by atoms with van der Waals surface area (Å²) in [7, 11) is 0. The zero-order valence-electron chi connectivity index (χ0n) is 12.3. The molecule has 20 heavy (non-hydrogen) atoms. The molecule has 0 aromatic heterocycles. The van der Waals surface area contributed by atoms with Crippen molar-refractivity contribution in [1.82, 2.24) is 0 Å². The lowest BCUT2D eigenvalue weighted by molar-refractivity contribution is -0.140. The number of terminal acetylenes is 1. The molecule has 1 aliphatic rings. The first-order valence-electron chi connectivity index (χ1n) is 7.72. The highest BCUT2D eigenvalue weighted by atomic mass is 16.6. The molecular formula is C17H26O3. The minimum absolute atomic E-state index is 0.0806. The molecule has 0 amide bonds. The standard InChI is InChI=1S/C17H26O3/c1-2-3-4-5-6-7-8-9-10-11-12-15-13-16(14-18)20-17(15)19/h1,12,16,18H,3-11,13-14H2/b15-12-. The van der Waals surface area contributed by atoms with E-state index in [0.717, 1.165) is 31.3 Å². The summed E-state index contributed by atoms with van der Waals surface area (Å²) in [6.45, 7) is -0.0806. The average molecular weight is 278 g/mol. The highest BCUT2D eigenvalue weighted by Crippen LogP contribution is 2.21. The molecule has 0 spiro atoms. The molecule has 0 aromatic rings. The average Bonchev–Trinajstić information content (AvgIpc) is 2.81. The zero-order chi connectivity index (χ0) is 14.6. The number of carbonyl (C=O) groups is 1. The Morgan fingerprint density at radius 2 is 1.85 bits per heavy atom. The quantitative estimate of drug-likeness (QED) is 0.288. The number of ether oxygens (including phenoxy) is 1. The molecule has 0 bridgehead atoms. The largest absolute Gasteiger partial charge is 0.456 e. The first-order valence-corrected chi connectivity index (χ1v) is 7.72. The Morgan fingerprint density at radius 1 is 1.20 bits per heavy atom. The van der Waals surface area contributed by atoms with Crippen molar-refractivity contribution in [3.63, 3.8) is 0 Å². The van der Waals surface area contributed by atoms with Gasteiger partial charge in [-0.15, -0.1) is 12.3 Å². The molecule has 1 rings (SSSR count). The van der Waals surface area contributed by atoms with Crippen LogP contribution >= 0.6 is 0 Å². The molecule has 1 aliphatic heterocycles. The molecule has 0 saturated carbocycles. The molecule has 1 fully saturated rings. The van der Waals surface area contributed by atoms with E-state index in [9.17, 15) is 4.79 Å². The third kappa shape index (κ3) is 6.77. The van der Waals surface area contributed by atoms with Crippen LogP contribution in [0.2, 0.25) is 0 Å². The van der Waals surface area contributed by atoms with Crippen LogP contribution in [-0.4, -0.2) is 23.8 Å². The second-order valence-corrected chi connectivity index (χ2v) is 5.36. The van der Waals surface area contributed by atoms with Crippen LogP contribution in [0.15, 0.2) is 11.6 Å². The van der Waals surface area contributed by atoms with Crippen LogP contribution in [0, 0.1) is 12.3 Å². The predicted molar refractivity (Wildman–Crippen MR) is 80.1 cm³/mol. The van der Waals surface area contributed by atoms with Crippen LogP contribution in [-0.2, 0) is 9.53 Å². The third-order valence-electron chi connectivity index (χ3n) is 3.60. The summed E-state index contributed by atoms with van der Waals surface area (Å²) in [5.41, 5.74) is 0.735. The maximum atomic E-state index is 11.4. The van der Waals surface area contributed by atoms with Crippen molar-refractivity contribution in [2.24, 2.45) is 0 Å². The van der Waals surface area contributed by atoms with E-state index in [2.05, 4.69) is 5.92 Å². The van der Waals surface area contributed by atoms with Crippen molar-refractivity contribution in [3.05, 3.63) is 11.6 Å². The van der Waals surface area contributed by atoms with Gasteiger partial charge in [0.15, 0.2) is 0 Å². The summed E-state index contributed by atoms with van der Waals surface area (Å²) in [6.07, 6.45) is 17.8. The molecule has 1 saturated heterocycles. The number of rotatable bonds is 10. The number of aliphatic hydroxyl groups excluding tert-OH is 1. The molecule has 1 heterocycles. The van der Waals surface area contributed by atoms with Gasteiger partial charge in [-0.3, -0.25) is 0 Å². The summed E-state index contributed by atoms with van der Waals surface area (Å²) in [6, 6.07) is 0. The van der Waals surface area contributed by atoms with Crippen molar-refractivity contribution in [2.45, 2.75) is 70.3 Å². The van der Waals surface area contributed by atoms with Crippen molar-refractivity contribution in [2.75, 3.05) is 6.61 Å². The van der Waals surface area contributed by atoms with Gasteiger partial charge in [-0.05, 0) is 19.3 Å². The minimum atomic E-state index is -0.322. The maximum Gasteiger partial charge on any atom is 0.334 e. The Labute approximate surface area is 122 Å². The van der Waals surface area contributed by atoms with Gasteiger partial charge in [-0.2, -0.15) is 0 Å². The van der Waals surface area contributed by atoms with Crippen LogP contribution in [0.1, 0.15) is 64.2 Å². The number of allylic oxidation sites excluding steroid dienone is 1. The van der Waals surface area contributed by atoms with E-state index < -0.39 is 0 Å². The Balaban J connectivity index is 1.97. The Bertz CT molecular complexity index is 352. The van der Waals surface area contributed by atoms with Crippen LogP contribution < -0.4 is 0 Å². The second kappa shape index (κ2) is 10.5. The fourth-order valence-corrected chi connectivity index (χ4v) is 2.40. The Morgan fingerprint density at radius 3 is 2.45 bits per heavy atom. The summed E-state index contributed by atoms with van der Waals surface area (Å²) in [5, 5.41) is 8.93. The predicted octanol–water partition coefficient (Wildman–Crippen LogP) is 3.36. The van der Waals surface area contributed by atoms with E-state index in [-0.39, 0.29) is 18.7 Å². The first kappa shape index (κ1) is 16.8. The van der Waals surface area contributed by atoms with Gasteiger partial charge < -0.3 is 9.84 Å². The highest BCUT2D eigenvalue weighted by molar-refractivity contribution is 5.90. The van der Waals surface area contributed by atoms with Crippen molar-refractivity contribution >= 4 is 5.97 Å². The monoisotopic (exact) mass is 278 g/mol. The number of cyclic esters (lactones) is 1. The van der Waals surface area contributed by atoms with Crippen molar-refractivity contribution in [1.29, 1.82) is 0 Å². The topological polar surface area (TPSA) is 46.5 Å². The molecule has 1 N–H and O–H groups in total. The SMILES string of the molecule is C#CCCCCCCCCC/C=C1/CC(CO)OC1=O. The normalized spacial score (nSPS) is 20.1. The van der Waals surface area contributed by atoms with Crippen molar-refractivity contribution < 1.29 is 14.6 Å². The number of esters is 1. The highest BCUT2D eigenvalue weighted by Gasteiger charge is 2.27. The summed E-state index contributed by atoms with van der Waals surface area (Å²) < 4.78 is 4.99. The van der Waals surface area contributed by atoms with Gasteiger partial charge in [0, 0.05) is 18.4 Å². The fourth-order valence-electron chi connectivity index (χ4n) is 2.40. The minimum Gasteiger partial charge on any atom is -0.456 e. The third-order valence-corrected chi connectivity index (χ3v) is 3.60. The number of hydrogen-bond acceptors (Lipinski definition) is 3. The lowest BCUT2D eigenvalue weighted by atomic mass is 10.1. The van der Waals surface area contributed by atoms with E-state index in [0.29, 0.717) is 6.42 Å². The van der Waals surface area contributed by atoms with E-state index in [1.165, 1.54) is 32.1 Å². The molecule has 3 nitrogen and oxygen atoms in total. The van der Waals surface area contributed by atoms with Gasteiger partial charge in [0.1, 0.15) is 6.10 Å². The van der Waals surface area contributed by atoms with Gasteiger partial charge >= 0.3 is 5.97 Å². The molecular weight excluding hydrogens is 252 g/mol. The van der Waals surface area contributed by atoms with E-state index in [4.69, 9.17) is 16.3 Å². The Kier molecular flexibility index (Phi) is 8.82. The number of hydrogen-bond donors (Lipinski definition) is 1. The fraction of sp³-hybridized carbons (Fsp3) is 0.706. The van der Waals surface area contributed by atoms with Crippen molar-refractivity contribution in [3.8, 4) is 12.3 Å². The zero-order valence-corrected chi connectivity index (χ0v) is 12.3. The van der Waals surface area contributed by atoms with E-state index in [1.54, 1.807) is 0 Å². The van der Waals surface area contributed by atoms with Gasteiger partial charge in [-0.1, -0.05) is 38.2 Å². The Hall–Kier alpha value is -1.27. The van der Waals surface area contributed by atoms with Gasteiger partial charge in [0.25, 0.3) is 0 Å². The maximum absolute atomic E-state index is 11.4. The second-order valence-electron chi connectivity index (χ2n) is 5.36. The molecule has 112 valence electrons. The summed E-state index contributed by atoms with van der Waals surface area (Å²) in [5.74, 6) is 2.41. The summed E-state index contributed by atoms with van der Waals surface area (Å²) >= 11 is 0. The number of aliphatic hydroxyl groups is 1. The van der Waals surface area contributed by atoms with Crippen LogP contribution in [0.4, 0.5) is 0 Å². The summed E-state index contributed by atoms with van der Waals surface area (Å²) in [4.78, 5) is 11.4. The van der Waals surface area contributed by atoms with Crippen LogP contribution in [0.25, 0.3) is 0 Å². The molecule has 0 radical (unpaired) electrons. The molecule has 0 aliphatic carbocycles. The number of unbranched alkanes of at least 4 members (excludes halogenated alkanes) is 8. The molecule has 3 heteroatoms. The van der Waals surface area contributed by atoms with E-state index >= 15 is 0 Å².